The summed E-state index contributed by atoms with van der Waals surface area (Å²) >= 11 is 0. The molecule has 0 radical (unpaired) electrons. The maximum Gasteiger partial charge on any atom is 0.115 e. The van der Waals surface area contributed by atoms with E-state index in [0.29, 0.717) is 5.75 Å². The van der Waals surface area contributed by atoms with E-state index in [1.165, 1.54) is 0 Å². The van der Waals surface area contributed by atoms with Gasteiger partial charge in [-0.15, -0.1) is 0 Å². The number of rotatable bonds is 4. The molecule has 0 saturated heterocycles. The van der Waals surface area contributed by atoms with E-state index in [9.17, 15) is 4.21 Å². The lowest BCUT2D eigenvalue weighted by molar-refractivity contribution is 0.475. The van der Waals surface area contributed by atoms with Crippen molar-refractivity contribution in [3.8, 4) is 5.75 Å². The second kappa shape index (κ2) is 5.02. The lowest BCUT2D eigenvalue weighted by Crippen LogP contribution is -1.96. The summed E-state index contributed by atoms with van der Waals surface area (Å²) in [6.07, 6.45) is 2.04. The van der Waals surface area contributed by atoms with Gasteiger partial charge in [0.15, 0.2) is 0 Å². The van der Waals surface area contributed by atoms with Gasteiger partial charge in [-0.25, -0.2) is 0 Å². The second-order valence-corrected chi connectivity index (χ2v) is 4.47. The van der Waals surface area contributed by atoms with E-state index in [-0.39, 0.29) is 5.75 Å². The third-order valence-corrected chi connectivity index (χ3v) is 3.24. The monoisotopic (exact) mass is 198 g/mol. The van der Waals surface area contributed by atoms with Gasteiger partial charge >= 0.3 is 0 Å². The first kappa shape index (κ1) is 10.3. The predicted octanol–water partition coefficient (Wildman–Crippen LogP) is 2.30. The fourth-order valence-corrected chi connectivity index (χ4v) is 2.22. The zero-order chi connectivity index (χ0) is 9.68. The Morgan fingerprint density at radius 3 is 2.46 bits per heavy atom. The fourth-order valence-electron chi connectivity index (χ4n) is 0.991. The smallest absolute Gasteiger partial charge is 0.115 e. The highest BCUT2D eigenvalue weighted by molar-refractivity contribution is 7.85. The van der Waals surface area contributed by atoms with Crippen LogP contribution >= 0.6 is 0 Å². The fraction of sp³-hybridized carbons (Fsp3) is 0.400. The highest BCUT2D eigenvalue weighted by atomic mass is 32.2. The van der Waals surface area contributed by atoms with Crippen molar-refractivity contribution in [1.82, 2.24) is 0 Å². The summed E-state index contributed by atoms with van der Waals surface area (Å²) in [5, 5.41) is 9.02. The van der Waals surface area contributed by atoms with Gasteiger partial charge in [-0.1, -0.05) is 13.3 Å². The molecule has 0 saturated carbocycles. The van der Waals surface area contributed by atoms with Gasteiger partial charge in [0.25, 0.3) is 0 Å². The maximum absolute atomic E-state index is 11.5. The van der Waals surface area contributed by atoms with E-state index in [4.69, 9.17) is 5.11 Å². The molecule has 0 amide bonds. The van der Waals surface area contributed by atoms with Crippen molar-refractivity contribution >= 4 is 10.8 Å². The largest absolute Gasteiger partial charge is 0.508 e. The summed E-state index contributed by atoms with van der Waals surface area (Å²) in [7, 11) is -0.903. The van der Waals surface area contributed by atoms with Gasteiger partial charge in [0.1, 0.15) is 5.75 Å². The SMILES string of the molecule is CCCC[S@](=O)c1ccc(O)cc1. The van der Waals surface area contributed by atoms with Crippen LogP contribution in [0.15, 0.2) is 29.2 Å². The minimum absolute atomic E-state index is 0.219. The molecule has 0 aliphatic heterocycles. The Morgan fingerprint density at radius 2 is 1.92 bits per heavy atom. The molecular formula is C10H14O2S. The lowest BCUT2D eigenvalue weighted by Gasteiger charge is -2.00. The van der Waals surface area contributed by atoms with E-state index < -0.39 is 10.8 Å². The molecule has 1 aromatic rings. The Balaban J connectivity index is 2.61. The molecule has 0 aliphatic rings. The van der Waals surface area contributed by atoms with Crippen molar-refractivity contribution in [3.05, 3.63) is 24.3 Å². The normalized spacial score (nSPS) is 12.7. The molecule has 0 unspecified atom stereocenters. The summed E-state index contributed by atoms with van der Waals surface area (Å²) < 4.78 is 11.5. The Morgan fingerprint density at radius 1 is 1.31 bits per heavy atom. The quantitative estimate of drug-likeness (QED) is 0.806. The Bertz CT molecular complexity index is 279. The van der Waals surface area contributed by atoms with Crippen LogP contribution in [0.3, 0.4) is 0 Å². The van der Waals surface area contributed by atoms with Crippen molar-refractivity contribution in [2.75, 3.05) is 5.75 Å². The number of hydrogen-bond donors (Lipinski definition) is 1. The molecule has 72 valence electrons. The first-order chi connectivity index (χ1) is 6.24. The van der Waals surface area contributed by atoms with Crippen LogP contribution in [-0.4, -0.2) is 15.1 Å². The molecular weight excluding hydrogens is 184 g/mol. The molecule has 0 aliphatic carbocycles. The van der Waals surface area contributed by atoms with Gasteiger partial charge in [0.05, 0.1) is 10.8 Å². The average molecular weight is 198 g/mol. The first-order valence-electron chi connectivity index (χ1n) is 4.41. The molecule has 13 heavy (non-hydrogen) atoms. The highest BCUT2D eigenvalue weighted by Crippen LogP contribution is 2.13. The summed E-state index contributed by atoms with van der Waals surface area (Å²) in [6, 6.07) is 6.56. The van der Waals surface area contributed by atoms with Crippen molar-refractivity contribution in [2.45, 2.75) is 24.7 Å². The summed E-state index contributed by atoms with van der Waals surface area (Å²) in [4.78, 5) is 0.797. The van der Waals surface area contributed by atoms with Gasteiger partial charge in [-0.05, 0) is 30.7 Å². The summed E-state index contributed by atoms with van der Waals surface area (Å²) in [5.41, 5.74) is 0. The van der Waals surface area contributed by atoms with Crippen LogP contribution in [0.5, 0.6) is 5.75 Å². The van der Waals surface area contributed by atoms with Crippen LogP contribution < -0.4 is 0 Å². The lowest BCUT2D eigenvalue weighted by atomic mass is 10.3. The first-order valence-corrected chi connectivity index (χ1v) is 5.73. The molecule has 1 rings (SSSR count). The van der Waals surface area contributed by atoms with Crippen LogP contribution in [0.4, 0.5) is 0 Å². The molecule has 0 heterocycles. The molecule has 1 aromatic carbocycles. The van der Waals surface area contributed by atoms with Gasteiger partial charge in [-0.2, -0.15) is 0 Å². The Hall–Kier alpha value is -0.830. The summed E-state index contributed by atoms with van der Waals surface area (Å²) in [6.45, 7) is 2.08. The molecule has 0 spiro atoms. The van der Waals surface area contributed by atoms with Gasteiger partial charge in [0.2, 0.25) is 0 Å². The molecule has 0 aromatic heterocycles. The zero-order valence-electron chi connectivity index (χ0n) is 7.69. The molecule has 1 N–H and O–H groups in total. The third-order valence-electron chi connectivity index (χ3n) is 1.78. The van der Waals surface area contributed by atoms with Crippen molar-refractivity contribution in [1.29, 1.82) is 0 Å². The molecule has 2 nitrogen and oxygen atoms in total. The van der Waals surface area contributed by atoms with Crippen LogP contribution in [-0.2, 0) is 10.8 Å². The predicted molar refractivity (Wildman–Crippen MR) is 54.3 cm³/mol. The zero-order valence-corrected chi connectivity index (χ0v) is 8.51. The molecule has 1 atom stereocenters. The number of aromatic hydroxyl groups is 1. The van der Waals surface area contributed by atoms with E-state index in [1.807, 2.05) is 0 Å². The highest BCUT2D eigenvalue weighted by Gasteiger charge is 2.01. The minimum Gasteiger partial charge on any atom is -0.508 e. The van der Waals surface area contributed by atoms with E-state index >= 15 is 0 Å². The van der Waals surface area contributed by atoms with E-state index in [2.05, 4.69) is 6.92 Å². The van der Waals surface area contributed by atoms with E-state index in [0.717, 1.165) is 17.7 Å². The second-order valence-electron chi connectivity index (χ2n) is 2.90. The van der Waals surface area contributed by atoms with Crippen molar-refractivity contribution in [3.63, 3.8) is 0 Å². The number of phenols is 1. The summed E-state index contributed by atoms with van der Waals surface area (Å²) in [5.74, 6) is 0.928. The average Bonchev–Trinajstić information content (AvgIpc) is 2.15. The molecule has 0 bridgehead atoms. The van der Waals surface area contributed by atoms with Crippen LogP contribution in [0.2, 0.25) is 0 Å². The van der Waals surface area contributed by atoms with Crippen LogP contribution in [0.25, 0.3) is 0 Å². The van der Waals surface area contributed by atoms with Gasteiger partial charge in [0, 0.05) is 10.6 Å². The van der Waals surface area contributed by atoms with E-state index in [1.54, 1.807) is 24.3 Å². The van der Waals surface area contributed by atoms with Crippen molar-refractivity contribution < 1.29 is 9.32 Å². The van der Waals surface area contributed by atoms with Crippen LogP contribution in [0, 0.1) is 0 Å². The van der Waals surface area contributed by atoms with Crippen molar-refractivity contribution in [2.24, 2.45) is 0 Å². The van der Waals surface area contributed by atoms with Gasteiger partial charge in [-0.3, -0.25) is 4.21 Å². The minimum atomic E-state index is -0.903. The number of benzene rings is 1. The standard InChI is InChI=1S/C10H14O2S/c1-2-3-8-13(12)10-6-4-9(11)5-7-10/h4-7,11H,2-3,8H2,1H3/t13-/m0/s1. The number of unbranched alkanes of at least 4 members (excludes halogenated alkanes) is 1. The number of phenolic OH excluding ortho intramolecular Hbond substituents is 1. The number of hydrogen-bond acceptors (Lipinski definition) is 2. The topological polar surface area (TPSA) is 37.3 Å². The maximum atomic E-state index is 11.5. The Labute approximate surface area is 81.1 Å². The Kier molecular flexibility index (Phi) is 3.96. The molecule has 0 fully saturated rings. The van der Waals surface area contributed by atoms with Gasteiger partial charge < -0.3 is 5.11 Å². The molecule has 3 heteroatoms. The third kappa shape index (κ3) is 3.19. The van der Waals surface area contributed by atoms with Crippen LogP contribution in [0.1, 0.15) is 19.8 Å².